The molecule has 0 N–H and O–H groups in total. The molecule has 0 spiro atoms. The van der Waals surface area contributed by atoms with Crippen LogP contribution in [-0.4, -0.2) is 0 Å². The summed E-state index contributed by atoms with van der Waals surface area (Å²) < 4.78 is 12.8. The summed E-state index contributed by atoms with van der Waals surface area (Å²) in [6.45, 7) is 12.8. The summed E-state index contributed by atoms with van der Waals surface area (Å²) in [6.07, 6.45) is 0. The normalized spacial score (nSPS) is 19.0. The third-order valence-corrected chi connectivity index (χ3v) is 4.97. The molecule has 0 aliphatic carbocycles. The van der Waals surface area contributed by atoms with Gasteiger partial charge in [0.1, 0.15) is 22.7 Å². The Morgan fingerprint density at radius 3 is 1.36 bits per heavy atom. The Hall–Kier alpha value is -1.96. The second-order valence-corrected chi connectivity index (χ2v) is 7.49. The zero-order valence-electron chi connectivity index (χ0n) is 14.1. The van der Waals surface area contributed by atoms with Crippen LogP contribution in [0.15, 0.2) is 24.3 Å². The van der Waals surface area contributed by atoms with Gasteiger partial charge in [0, 0.05) is 22.3 Å². The molecule has 2 aliphatic heterocycles. The van der Waals surface area contributed by atoms with Gasteiger partial charge in [-0.3, -0.25) is 0 Å². The van der Waals surface area contributed by atoms with Crippen molar-refractivity contribution >= 4 is 0 Å². The van der Waals surface area contributed by atoms with E-state index in [1.807, 2.05) is 0 Å². The van der Waals surface area contributed by atoms with E-state index in [1.165, 1.54) is 33.4 Å². The number of ether oxygens (including phenoxy) is 2. The zero-order valence-corrected chi connectivity index (χ0v) is 14.1. The van der Waals surface area contributed by atoms with Gasteiger partial charge in [-0.1, -0.05) is 24.3 Å². The fourth-order valence-corrected chi connectivity index (χ4v) is 3.76. The average molecular weight is 294 g/mol. The smallest absolute Gasteiger partial charge is 0.131 e. The van der Waals surface area contributed by atoms with E-state index >= 15 is 0 Å². The van der Waals surface area contributed by atoms with Crippen LogP contribution in [-0.2, 0) is 11.2 Å². The fourth-order valence-electron chi connectivity index (χ4n) is 3.76. The van der Waals surface area contributed by atoms with Crippen LogP contribution in [0.3, 0.4) is 0 Å². The second kappa shape index (κ2) is 3.87. The average Bonchev–Trinajstić information content (AvgIpc) is 2.41. The molecule has 0 fully saturated rings. The highest BCUT2D eigenvalue weighted by molar-refractivity contribution is 5.87. The summed E-state index contributed by atoms with van der Waals surface area (Å²) in [7, 11) is 0. The van der Waals surface area contributed by atoms with Crippen LogP contribution in [0.25, 0.3) is 11.1 Å². The molecule has 2 nitrogen and oxygen atoms in total. The number of aryl methyl sites for hydroxylation is 2. The van der Waals surface area contributed by atoms with Crippen molar-refractivity contribution in [2.45, 2.75) is 52.7 Å². The van der Waals surface area contributed by atoms with Crippen molar-refractivity contribution in [1.82, 2.24) is 0 Å². The molecule has 2 aromatic rings. The molecule has 2 heteroatoms. The van der Waals surface area contributed by atoms with Crippen molar-refractivity contribution in [2.75, 3.05) is 0 Å². The summed E-state index contributed by atoms with van der Waals surface area (Å²) >= 11 is 0. The van der Waals surface area contributed by atoms with Crippen molar-refractivity contribution in [3.8, 4) is 22.6 Å². The molecule has 0 amide bonds. The van der Waals surface area contributed by atoms with Crippen LogP contribution in [0.4, 0.5) is 0 Å². The maximum absolute atomic E-state index is 6.42. The predicted molar refractivity (Wildman–Crippen MR) is 88.7 cm³/mol. The van der Waals surface area contributed by atoms with E-state index in [1.54, 1.807) is 0 Å². The fraction of sp³-hybridized carbons (Fsp3) is 0.400. The molecule has 0 atom stereocenters. The Balaban J connectivity index is 2.21. The van der Waals surface area contributed by atoms with Gasteiger partial charge in [-0.25, -0.2) is 0 Å². The Morgan fingerprint density at radius 1 is 0.636 bits per heavy atom. The lowest BCUT2D eigenvalue weighted by molar-refractivity contribution is 0.0843. The van der Waals surface area contributed by atoms with Crippen LogP contribution in [0, 0.1) is 13.8 Å². The van der Waals surface area contributed by atoms with E-state index in [4.69, 9.17) is 9.47 Å². The predicted octanol–water partition coefficient (Wildman–Crippen LogP) is 5.23. The topological polar surface area (TPSA) is 18.5 Å². The molecule has 0 saturated carbocycles. The maximum atomic E-state index is 6.42. The molecule has 114 valence electrons. The van der Waals surface area contributed by atoms with Crippen LogP contribution in [0.2, 0.25) is 0 Å². The van der Waals surface area contributed by atoms with E-state index in [-0.39, 0.29) is 11.2 Å². The Labute approximate surface area is 132 Å². The first kappa shape index (κ1) is 13.7. The van der Waals surface area contributed by atoms with Gasteiger partial charge < -0.3 is 9.47 Å². The maximum Gasteiger partial charge on any atom is 0.131 e. The Morgan fingerprint density at radius 2 is 1.00 bits per heavy atom. The van der Waals surface area contributed by atoms with Crippen LogP contribution >= 0.6 is 0 Å². The molecule has 0 saturated heterocycles. The van der Waals surface area contributed by atoms with Crippen LogP contribution < -0.4 is 9.47 Å². The van der Waals surface area contributed by atoms with Crippen LogP contribution in [0.5, 0.6) is 11.5 Å². The van der Waals surface area contributed by atoms with Crippen molar-refractivity contribution in [3.63, 3.8) is 0 Å². The van der Waals surface area contributed by atoms with Gasteiger partial charge in [-0.2, -0.15) is 0 Å². The van der Waals surface area contributed by atoms with Gasteiger partial charge in [0.25, 0.3) is 0 Å². The highest BCUT2D eigenvalue weighted by Gasteiger charge is 2.43. The third kappa shape index (κ3) is 1.55. The molecule has 4 rings (SSSR count). The summed E-state index contributed by atoms with van der Waals surface area (Å²) in [5, 5.41) is 0. The molecule has 2 heterocycles. The first-order valence-electron chi connectivity index (χ1n) is 7.89. The largest absolute Gasteiger partial charge is 0.482 e. The summed E-state index contributed by atoms with van der Waals surface area (Å²) in [6, 6.07) is 8.65. The van der Waals surface area contributed by atoms with Crippen molar-refractivity contribution in [1.29, 1.82) is 0 Å². The monoisotopic (exact) mass is 294 g/mol. The van der Waals surface area contributed by atoms with Crippen LogP contribution in [0.1, 0.15) is 49.9 Å². The van der Waals surface area contributed by atoms with Gasteiger partial charge in [0.2, 0.25) is 0 Å². The van der Waals surface area contributed by atoms with E-state index in [0.29, 0.717) is 0 Å². The quantitative estimate of drug-likeness (QED) is 0.662. The second-order valence-electron chi connectivity index (χ2n) is 7.49. The minimum absolute atomic E-state index is 0.348. The minimum Gasteiger partial charge on any atom is -0.482 e. The lowest BCUT2D eigenvalue weighted by Crippen LogP contribution is -2.36. The summed E-state index contributed by atoms with van der Waals surface area (Å²) in [4.78, 5) is 0. The number of hydrogen-bond donors (Lipinski definition) is 0. The zero-order chi connectivity index (χ0) is 15.9. The molecule has 2 aromatic carbocycles. The van der Waals surface area contributed by atoms with Crippen molar-refractivity contribution < 1.29 is 9.47 Å². The van der Waals surface area contributed by atoms with Gasteiger partial charge in [0.05, 0.1) is 0 Å². The molecule has 0 aromatic heterocycles. The number of hydrogen-bond acceptors (Lipinski definition) is 2. The van der Waals surface area contributed by atoms with Gasteiger partial charge in [-0.15, -0.1) is 0 Å². The lowest BCUT2D eigenvalue weighted by atomic mass is 9.77. The molecule has 0 radical (unpaired) electrons. The first-order chi connectivity index (χ1) is 10.2. The van der Waals surface area contributed by atoms with Gasteiger partial charge in [0.15, 0.2) is 0 Å². The van der Waals surface area contributed by atoms with Crippen molar-refractivity contribution in [2.24, 2.45) is 0 Å². The first-order valence-corrected chi connectivity index (χ1v) is 7.89. The van der Waals surface area contributed by atoms with E-state index in [0.717, 1.165) is 11.5 Å². The highest BCUT2D eigenvalue weighted by atomic mass is 16.5. The minimum atomic E-state index is -0.348. The SMILES string of the molecule is Cc1ccc2c3c1OC(C)(C)c1ccc(C)c(c1-3)OC2(C)C. The molecular formula is C20H22O2. The summed E-state index contributed by atoms with van der Waals surface area (Å²) in [5.41, 5.74) is 6.54. The summed E-state index contributed by atoms with van der Waals surface area (Å²) in [5.74, 6) is 2.02. The molecule has 0 unspecified atom stereocenters. The van der Waals surface area contributed by atoms with Crippen molar-refractivity contribution in [3.05, 3.63) is 46.5 Å². The van der Waals surface area contributed by atoms with E-state index < -0.39 is 0 Å². The highest BCUT2D eigenvalue weighted by Crippen LogP contribution is 2.57. The number of rotatable bonds is 0. The van der Waals surface area contributed by atoms with E-state index in [9.17, 15) is 0 Å². The Kier molecular flexibility index (Phi) is 2.40. The van der Waals surface area contributed by atoms with Gasteiger partial charge in [-0.05, 0) is 52.7 Å². The van der Waals surface area contributed by atoms with E-state index in [2.05, 4.69) is 65.8 Å². The molecule has 0 bridgehead atoms. The number of benzene rings is 2. The standard InChI is InChI=1S/C20H22O2/c1-11-7-9-13-15-16-14(19(3,4)21-17(11)15)10-8-12(2)18(16)22-20(13,5)6/h7-10H,1-6H3. The van der Waals surface area contributed by atoms with Gasteiger partial charge >= 0.3 is 0 Å². The molecule has 2 aliphatic rings. The molecule has 22 heavy (non-hydrogen) atoms. The molecular weight excluding hydrogens is 272 g/mol. The third-order valence-electron chi connectivity index (χ3n) is 4.97. The Bertz CT molecular complexity index is 743. The lowest BCUT2D eigenvalue weighted by Gasteiger charge is -2.44.